The Morgan fingerprint density at radius 3 is 2.48 bits per heavy atom. The molecule has 2 aromatic rings. The van der Waals surface area contributed by atoms with Crippen LogP contribution < -0.4 is 4.72 Å². The minimum Gasteiger partial charge on any atom is -0.506 e. The summed E-state index contributed by atoms with van der Waals surface area (Å²) in [5, 5.41) is 18.2. The van der Waals surface area contributed by atoms with Crippen LogP contribution in [-0.2, 0) is 10.0 Å². The monoisotopic (exact) mass is 310 g/mol. The van der Waals surface area contributed by atoms with Crippen LogP contribution in [0.4, 0.5) is 14.5 Å². The Kier molecular flexibility index (Phi) is 3.78. The Morgan fingerprint density at radius 1 is 1.14 bits per heavy atom. The van der Waals surface area contributed by atoms with Crippen LogP contribution in [0.2, 0.25) is 0 Å². The van der Waals surface area contributed by atoms with E-state index in [1.54, 1.807) is 0 Å². The van der Waals surface area contributed by atoms with Crippen molar-refractivity contribution in [2.75, 3.05) is 4.72 Å². The van der Waals surface area contributed by atoms with E-state index in [4.69, 9.17) is 5.26 Å². The first-order valence-corrected chi connectivity index (χ1v) is 7.03. The minimum atomic E-state index is -4.15. The number of phenols is 1. The fraction of sp³-hybridized carbons (Fsp3) is 0. The smallest absolute Gasteiger partial charge is 0.262 e. The number of benzene rings is 2. The van der Waals surface area contributed by atoms with Gasteiger partial charge < -0.3 is 5.11 Å². The quantitative estimate of drug-likeness (QED) is 0.851. The van der Waals surface area contributed by atoms with Crippen LogP contribution in [0, 0.1) is 23.0 Å². The van der Waals surface area contributed by atoms with Crippen molar-refractivity contribution in [1.82, 2.24) is 0 Å². The summed E-state index contributed by atoms with van der Waals surface area (Å²) in [7, 11) is -4.15. The van der Waals surface area contributed by atoms with Crippen molar-refractivity contribution in [3.63, 3.8) is 0 Å². The Balaban J connectivity index is 2.41. The molecule has 8 heteroatoms. The number of hydrogen-bond acceptors (Lipinski definition) is 4. The lowest BCUT2D eigenvalue weighted by atomic mass is 10.2. The molecule has 5 nitrogen and oxygen atoms in total. The molecular weight excluding hydrogens is 302 g/mol. The highest BCUT2D eigenvalue weighted by atomic mass is 32.2. The van der Waals surface area contributed by atoms with Gasteiger partial charge in [-0.3, -0.25) is 4.72 Å². The normalized spacial score (nSPS) is 10.9. The molecule has 21 heavy (non-hydrogen) atoms. The topological polar surface area (TPSA) is 90.2 Å². The van der Waals surface area contributed by atoms with Crippen LogP contribution in [0.15, 0.2) is 41.3 Å². The third-order valence-electron chi connectivity index (χ3n) is 2.57. The van der Waals surface area contributed by atoms with Crippen LogP contribution in [0.25, 0.3) is 0 Å². The number of hydrogen-bond donors (Lipinski definition) is 2. The fourth-order valence-electron chi connectivity index (χ4n) is 1.55. The Bertz CT molecular complexity index is 845. The van der Waals surface area contributed by atoms with Crippen molar-refractivity contribution in [1.29, 1.82) is 5.26 Å². The molecule has 2 N–H and O–H groups in total. The standard InChI is InChI=1S/C13H8F2N2O3S/c14-9-1-4-12(13(18)6-9)17-21(19,20)10-2-3-11(15)8(5-10)7-16/h1-6,17-18H. The summed E-state index contributed by atoms with van der Waals surface area (Å²) < 4.78 is 52.2. The van der Waals surface area contributed by atoms with Gasteiger partial charge in [0.05, 0.1) is 16.1 Å². The maximum absolute atomic E-state index is 13.2. The van der Waals surface area contributed by atoms with E-state index in [2.05, 4.69) is 0 Å². The second kappa shape index (κ2) is 5.38. The molecule has 0 saturated carbocycles. The summed E-state index contributed by atoms with van der Waals surface area (Å²) in [5.74, 6) is -2.17. The van der Waals surface area contributed by atoms with Crippen LogP contribution >= 0.6 is 0 Å². The van der Waals surface area contributed by atoms with Crippen molar-refractivity contribution in [2.24, 2.45) is 0 Å². The van der Waals surface area contributed by atoms with Gasteiger partial charge in [0, 0.05) is 6.07 Å². The van der Waals surface area contributed by atoms with Crippen molar-refractivity contribution in [3.05, 3.63) is 53.6 Å². The number of anilines is 1. The first-order chi connectivity index (χ1) is 9.83. The number of rotatable bonds is 3. The zero-order valence-electron chi connectivity index (χ0n) is 10.3. The molecule has 108 valence electrons. The van der Waals surface area contributed by atoms with Gasteiger partial charge in [0.25, 0.3) is 10.0 Å². The third kappa shape index (κ3) is 3.09. The molecule has 2 rings (SSSR count). The van der Waals surface area contributed by atoms with Crippen LogP contribution in [0.5, 0.6) is 5.75 Å². The molecule has 0 spiro atoms. The lowest BCUT2D eigenvalue weighted by molar-refractivity contribution is 0.471. The highest BCUT2D eigenvalue weighted by Gasteiger charge is 2.18. The molecule has 2 aromatic carbocycles. The highest BCUT2D eigenvalue weighted by Crippen LogP contribution is 2.26. The van der Waals surface area contributed by atoms with Crippen molar-refractivity contribution in [3.8, 4) is 11.8 Å². The van der Waals surface area contributed by atoms with Gasteiger partial charge in [-0.15, -0.1) is 0 Å². The number of nitriles is 1. The summed E-state index contributed by atoms with van der Waals surface area (Å²) in [6, 6.07) is 6.94. The highest BCUT2D eigenvalue weighted by molar-refractivity contribution is 7.92. The van der Waals surface area contributed by atoms with Gasteiger partial charge in [0.15, 0.2) is 0 Å². The predicted octanol–water partition coefficient (Wildman–Crippen LogP) is 2.34. The number of nitrogens with one attached hydrogen (secondary N) is 1. The molecule has 0 aromatic heterocycles. The molecule has 0 saturated heterocycles. The third-order valence-corrected chi connectivity index (χ3v) is 3.94. The maximum Gasteiger partial charge on any atom is 0.262 e. The summed E-state index contributed by atoms with van der Waals surface area (Å²) in [4.78, 5) is -0.357. The molecule has 0 aliphatic carbocycles. The molecular formula is C13H8F2N2O3S. The Morgan fingerprint density at radius 2 is 1.86 bits per heavy atom. The minimum absolute atomic E-state index is 0.237. The van der Waals surface area contributed by atoms with Gasteiger partial charge in [-0.1, -0.05) is 0 Å². The Hall–Kier alpha value is -2.66. The number of aromatic hydroxyl groups is 1. The van der Waals surface area contributed by atoms with Gasteiger partial charge in [-0.25, -0.2) is 17.2 Å². The van der Waals surface area contributed by atoms with E-state index in [1.165, 1.54) is 6.07 Å². The molecule has 0 amide bonds. The number of halogens is 2. The first-order valence-electron chi connectivity index (χ1n) is 5.54. The summed E-state index contributed by atoms with van der Waals surface area (Å²) in [5.41, 5.74) is -0.666. The van der Waals surface area contributed by atoms with Crippen molar-refractivity contribution in [2.45, 2.75) is 4.90 Å². The van der Waals surface area contributed by atoms with E-state index >= 15 is 0 Å². The molecule has 0 aliphatic heterocycles. The lowest BCUT2D eigenvalue weighted by Crippen LogP contribution is -2.13. The van der Waals surface area contributed by atoms with E-state index in [0.29, 0.717) is 0 Å². The predicted molar refractivity (Wildman–Crippen MR) is 70.0 cm³/mol. The zero-order chi connectivity index (χ0) is 15.6. The molecule has 0 atom stereocenters. The molecule has 0 heterocycles. The van der Waals surface area contributed by atoms with Gasteiger partial charge >= 0.3 is 0 Å². The van der Waals surface area contributed by atoms with Crippen LogP contribution in [-0.4, -0.2) is 13.5 Å². The fourth-order valence-corrected chi connectivity index (χ4v) is 2.65. The molecule has 0 unspecified atom stereocenters. The average molecular weight is 310 g/mol. The number of nitrogens with zero attached hydrogens (tertiary/aromatic N) is 1. The van der Waals surface area contributed by atoms with E-state index in [-0.39, 0.29) is 10.6 Å². The van der Waals surface area contributed by atoms with Gasteiger partial charge in [-0.05, 0) is 30.3 Å². The van der Waals surface area contributed by atoms with E-state index in [9.17, 15) is 22.3 Å². The van der Waals surface area contributed by atoms with Crippen molar-refractivity contribution < 1.29 is 22.3 Å². The van der Waals surface area contributed by atoms with E-state index in [0.717, 1.165) is 36.4 Å². The SMILES string of the molecule is N#Cc1cc(S(=O)(=O)Nc2ccc(F)cc2O)ccc1F. The second-order valence-electron chi connectivity index (χ2n) is 4.02. The van der Waals surface area contributed by atoms with E-state index in [1.807, 2.05) is 4.72 Å². The first kappa shape index (κ1) is 14.7. The summed E-state index contributed by atoms with van der Waals surface area (Å²) >= 11 is 0. The molecule has 0 bridgehead atoms. The van der Waals surface area contributed by atoms with Gasteiger partial charge in [0.1, 0.15) is 23.5 Å². The van der Waals surface area contributed by atoms with Crippen LogP contribution in [0.1, 0.15) is 5.56 Å². The van der Waals surface area contributed by atoms with Crippen molar-refractivity contribution >= 4 is 15.7 Å². The second-order valence-corrected chi connectivity index (χ2v) is 5.70. The van der Waals surface area contributed by atoms with Gasteiger partial charge in [-0.2, -0.15) is 5.26 Å². The number of phenolic OH excluding ortho intramolecular Hbond substituents is 1. The van der Waals surface area contributed by atoms with Gasteiger partial charge in [0.2, 0.25) is 0 Å². The van der Waals surface area contributed by atoms with Crippen LogP contribution in [0.3, 0.4) is 0 Å². The molecule has 0 fully saturated rings. The zero-order valence-corrected chi connectivity index (χ0v) is 11.2. The molecule has 0 radical (unpaired) electrons. The largest absolute Gasteiger partial charge is 0.506 e. The average Bonchev–Trinajstić information content (AvgIpc) is 2.42. The van der Waals surface area contributed by atoms with E-state index < -0.39 is 33.0 Å². The molecule has 0 aliphatic rings. The summed E-state index contributed by atoms with van der Waals surface area (Å²) in [6.07, 6.45) is 0. The maximum atomic E-state index is 13.2. The Labute approximate surface area is 119 Å². The summed E-state index contributed by atoms with van der Waals surface area (Å²) in [6.45, 7) is 0. The number of sulfonamides is 1. The lowest BCUT2D eigenvalue weighted by Gasteiger charge is -2.10.